The summed E-state index contributed by atoms with van der Waals surface area (Å²) >= 11 is 0. The fraction of sp³-hybridized carbons (Fsp3) is 0.381. The standard InChI is InChI=1S/C21H27N3O/c25-21(22-13-7-10-19-8-3-1-4-9-19)18-23-14-16-24(17-15-23)20-11-5-2-6-12-20/h1-6,8-9,11-12H,7,10,13-18H2,(H,22,25)/p+1. The molecule has 0 aromatic heterocycles. The van der Waals surface area contributed by atoms with Crippen molar-refractivity contribution in [3.63, 3.8) is 0 Å². The first kappa shape index (κ1) is 17.5. The van der Waals surface area contributed by atoms with Gasteiger partial charge in [0.2, 0.25) is 0 Å². The molecule has 1 fully saturated rings. The normalized spacial score (nSPS) is 15.1. The molecule has 1 aliphatic rings. The molecule has 132 valence electrons. The Morgan fingerprint density at radius 2 is 1.60 bits per heavy atom. The Morgan fingerprint density at radius 1 is 0.960 bits per heavy atom. The lowest BCUT2D eigenvalue weighted by Crippen LogP contribution is -3.15. The number of amides is 1. The van der Waals surface area contributed by atoms with Gasteiger partial charge in [0.05, 0.1) is 26.2 Å². The van der Waals surface area contributed by atoms with Crippen molar-refractivity contribution in [1.29, 1.82) is 0 Å². The molecule has 0 radical (unpaired) electrons. The fourth-order valence-corrected chi connectivity index (χ4v) is 3.35. The van der Waals surface area contributed by atoms with Gasteiger partial charge < -0.3 is 15.1 Å². The van der Waals surface area contributed by atoms with Crippen molar-refractivity contribution >= 4 is 11.6 Å². The van der Waals surface area contributed by atoms with E-state index in [1.165, 1.54) is 16.2 Å². The number of nitrogens with zero attached hydrogens (tertiary/aromatic N) is 1. The highest BCUT2D eigenvalue weighted by atomic mass is 16.2. The predicted molar refractivity (Wildman–Crippen MR) is 102 cm³/mol. The van der Waals surface area contributed by atoms with Crippen LogP contribution in [0.1, 0.15) is 12.0 Å². The molecule has 4 nitrogen and oxygen atoms in total. The van der Waals surface area contributed by atoms with Crippen LogP contribution in [0.3, 0.4) is 0 Å². The molecule has 0 saturated carbocycles. The second-order valence-corrected chi connectivity index (χ2v) is 6.69. The number of carbonyl (C=O) groups is 1. The molecule has 1 saturated heterocycles. The van der Waals surface area contributed by atoms with Crippen molar-refractivity contribution in [3.8, 4) is 0 Å². The molecule has 1 amide bonds. The molecule has 1 heterocycles. The maximum Gasteiger partial charge on any atom is 0.275 e. The zero-order valence-corrected chi connectivity index (χ0v) is 14.8. The van der Waals surface area contributed by atoms with Gasteiger partial charge in [0.15, 0.2) is 6.54 Å². The summed E-state index contributed by atoms with van der Waals surface area (Å²) in [6.45, 7) is 5.42. The average Bonchev–Trinajstić information content (AvgIpc) is 2.67. The molecule has 1 aliphatic heterocycles. The zero-order valence-electron chi connectivity index (χ0n) is 14.8. The molecule has 4 heteroatoms. The summed E-state index contributed by atoms with van der Waals surface area (Å²) < 4.78 is 0. The van der Waals surface area contributed by atoms with Crippen LogP contribution in [0.15, 0.2) is 60.7 Å². The van der Waals surface area contributed by atoms with Crippen LogP contribution in [0.2, 0.25) is 0 Å². The van der Waals surface area contributed by atoms with Crippen LogP contribution < -0.4 is 15.1 Å². The number of piperazine rings is 1. The Bertz CT molecular complexity index is 637. The summed E-state index contributed by atoms with van der Waals surface area (Å²) in [5.41, 5.74) is 2.62. The Kier molecular flexibility index (Phi) is 6.46. The third kappa shape index (κ3) is 5.61. The topological polar surface area (TPSA) is 36.8 Å². The van der Waals surface area contributed by atoms with E-state index in [-0.39, 0.29) is 5.91 Å². The van der Waals surface area contributed by atoms with Crippen LogP contribution in [-0.4, -0.2) is 45.2 Å². The van der Waals surface area contributed by atoms with Gasteiger partial charge in [0.25, 0.3) is 5.91 Å². The van der Waals surface area contributed by atoms with Crippen molar-refractivity contribution in [2.24, 2.45) is 0 Å². The second-order valence-electron chi connectivity index (χ2n) is 6.69. The highest BCUT2D eigenvalue weighted by Crippen LogP contribution is 2.12. The third-order valence-corrected chi connectivity index (χ3v) is 4.81. The van der Waals surface area contributed by atoms with Gasteiger partial charge in [-0.2, -0.15) is 0 Å². The Labute approximate surface area is 150 Å². The maximum absolute atomic E-state index is 12.1. The average molecular weight is 338 g/mol. The smallest absolute Gasteiger partial charge is 0.275 e. The Balaban J connectivity index is 1.31. The van der Waals surface area contributed by atoms with Gasteiger partial charge in [-0.3, -0.25) is 4.79 Å². The molecule has 0 unspecified atom stereocenters. The van der Waals surface area contributed by atoms with E-state index in [2.05, 4.69) is 58.7 Å². The van der Waals surface area contributed by atoms with Gasteiger partial charge in [-0.15, -0.1) is 0 Å². The molecule has 2 N–H and O–H groups in total. The van der Waals surface area contributed by atoms with Gasteiger partial charge >= 0.3 is 0 Å². The summed E-state index contributed by atoms with van der Waals surface area (Å²) in [6, 6.07) is 21.0. The molecule has 2 aromatic carbocycles. The molecule has 0 bridgehead atoms. The van der Waals surface area contributed by atoms with Crippen LogP contribution in [0, 0.1) is 0 Å². The van der Waals surface area contributed by atoms with E-state index in [1.807, 2.05) is 12.1 Å². The molecule has 2 aromatic rings. The van der Waals surface area contributed by atoms with Crippen LogP contribution in [0.5, 0.6) is 0 Å². The molecular formula is C21H28N3O+. The van der Waals surface area contributed by atoms with E-state index in [4.69, 9.17) is 0 Å². The summed E-state index contributed by atoms with van der Waals surface area (Å²) in [4.78, 5) is 15.9. The first-order valence-electron chi connectivity index (χ1n) is 9.25. The number of benzene rings is 2. The van der Waals surface area contributed by atoms with Gasteiger partial charge in [-0.25, -0.2) is 0 Å². The number of quaternary nitrogens is 1. The first-order valence-corrected chi connectivity index (χ1v) is 9.25. The number of aryl methyl sites for hydroxylation is 1. The van der Waals surface area contributed by atoms with E-state index in [1.54, 1.807) is 0 Å². The van der Waals surface area contributed by atoms with E-state index >= 15 is 0 Å². The number of nitrogens with one attached hydrogen (secondary N) is 2. The van der Waals surface area contributed by atoms with Crippen molar-refractivity contribution in [2.45, 2.75) is 12.8 Å². The van der Waals surface area contributed by atoms with E-state index < -0.39 is 0 Å². The minimum absolute atomic E-state index is 0.177. The van der Waals surface area contributed by atoms with Gasteiger partial charge in [0.1, 0.15) is 0 Å². The van der Waals surface area contributed by atoms with E-state index in [0.29, 0.717) is 6.54 Å². The number of para-hydroxylation sites is 1. The number of rotatable bonds is 7. The quantitative estimate of drug-likeness (QED) is 0.743. The molecule has 0 atom stereocenters. The molecular weight excluding hydrogens is 310 g/mol. The number of anilines is 1. The third-order valence-electron chi connectivity index (χ3n) is 4.81. The van der Waals surface area contributed by atoms with Gasteiger partial charge in [-0.05, 0) is 30.5 Å². The lowest BCUT2D eigenvalue weighted by atomic mass is 10.1. The highest BCUT2D eigenvalue weighted by Gasteiger charge is 2.21. The van der Waals surface area contributed by atoms with Crippen LogP contribution in [0.25, 0.3) is 0 Å². The largest absolute Gasteiger partial charge is 0.360 e. The number of hydrogen-bond acceptors (Lipinski definition) is 2. The summed E-state index contributed by atoms with van der Waals surface area (Å²) in [5, 5.41) is 3.07. The van der Waals surface area contributed by atoms with E-state index in [9.17, 15) is 4.79 Å². The maximum atomic E-state index is 12.1. The summed E-state index contributed by atoms with van der Waals surface area (Å²) in [7, 11) is 0. The molecule has 25 heavy (non-hydrogen) atoms. The van der Waals surface area contributed by atoms with Crippen molar-refractivity contribution in [3.05, 3.63) is 66.2 Å². The SMILES string of the molecule is O=C(C[NH+]1CCN(c2ccccc2)CC1)NCCCc1ccccc1. The Hall–Kier alpha value is -2.33. The molecule has 0 aliphatic carbocycles. The minimum Gasteiger partial charge on any atom is -0.360 e. The van der Waals surface area contributed by atoms with E-state index in [0.717, 1.165) is 45.6 Å². The van der Waals surface area contributed by atoms with Crippen molar-refractivity contribution < 1.29 is 9.69 Å². The van der Waals surface area contributed by atoms with Gasteiger partial charge in [-0.1, -0.05) is 48.5 Å². The van der Waals surface area contributed by atoms with Crippen LogP contribution in [0.4, 0.5) is 5.69 Å². The van der Waals surface area contributed by atoms with Gasteiger partial charge in [0, 0.05) is 12.2 Å². The number of carbonyl (C=O) groups excluding carboxylic acids is 1. The highest BCUT2D eigenvalue weighted by molar-refractivity contribution is 5.76. The minimum atomic E-state index is 0.177. The van der Waals surface area contributed by atoms with Crippen LogP contribution in [-0.2, 0) is 11.2 Å². The molecule has 0 spiro atoms. The monoisotopic (exact) mass is 338 g/mol. The van der Waals surface area contributed by atoms with Crippen LogP contribution >= 0.6 is 0 Å². The Morgan fingerprint density at radius 3 is 2.28 bits per heavy atom. The lowest BCUT2D eigenvalue weighted by molar-refractivity contribution is -0.892. The second kappa shape index (κ2) is 9.23. The predicted octanol–water partition coefficient (Wildman–Crippen LogP) is 1.14. The van der Waals surface area contributed by atoms with Crippen molar-refractivity contribution in [2.75, 3.05) is 44.2 Å². The summed E-state index contributed by atoms with van der Waals surface area (Å²) in [5.74, 6) is 0.177. The zero-order chi connectivity index (χ0) is 17.3. The number of hydrogen-bond donors (Lipinski definition) is 2. The lowest BCUT2D eigenvalue weighted by Gasteiger charge is -2.33. The summed E-state index contributed by atoms with van der Waals surface area (Å²) in [6.07, 6.45) is 2.01. The van der Waals surface area contributed by atoms with Crippen molar-refractivity contribution in [1.82, 2.24) is 5.32 Å². The first-order chi connectivity index (χ1) is 12.3. The molecule has 3 rings (SSSR count). The fourth-order valence-electron chi connectivity index (χ4n) is 3.35.